The van der Waals surface area contributed by atoms with Gasteiger partial charge in [0.05, 0.1) is 51.7 Å². The van der Waals surface area contributed by atoms with Gasteiger partial charge in [-0.1, -0.05) is 45.0 Å². The highest BCUT2D eigenvalue weighted by atomic mass is 32.1. The Kier molecular flexibility index (Phi) is 18.0. The number of aromatic nitrogens is 1. The predicted octanol–water partition coefficient (Wildman–Crippen LogP) is 7.71. The molecule has 2 unspecified atom stereocenters. The van der Waals surface area contributed by atoms with Gasteiger partial charge < -0.3 is 39.8 Å². The van der Waals surface area contributed by atoms with Crippen LogP contribution in [0.2, 0.25) is 0 Å². The Labute approximate surface area is 421 Å². The molecule has 0 bridgehead atoms. The quantitative estimate of drug-likeness (QED) is 0.0546. The van der Waals surface area contributed by atoms with E-state index in [9.17, 15) is 42.7 Å². The van der Waals surface area contributed by atoms with Gasteiger partial charge in [0.2, 0.25) is 17.7 Å². The van der Waals surface area contributed by atoms with E-state index in [1.54, 1.807) is 59.2 Å². The maximum Gasteiger partial charge on any atom is 0.417 e. The highest BCUT2D eigenvalue weighted by Gasteiger charge is 2.51. The third-order valence-corrected chi connectivity index (χ3v) is 13.6. The molecule has 71 heavy (non-hydrogen) atoms. The average molecular weight is 1020 g/mol. The molecule has 3 N–H and O–H groups in total. The molecule has 0 spiro atoms. The molecule has 3 aromatic carbocycles. The summed E-state index contributed by atoms with van der Waals surface area (Å²) in [5.41, 5.74) is 1.56. The van der Waals surface area contributed by atoms with E-state index in [0.29, 0.717) is 63.2 Å². The number of ether oxygens (including phenoxy) is 3. The number of hydrogen-bond donors (Lipinski definition) is 3. The van der Waals surface area contributed by atoms with Crippen molar-refractivity contribution < 1.29 is 51.7 Å². The van der Waals surface area contributed by atoms with Crippen molar-refractivity contribution in [1.82, 2.24) is 20.5 Å². The lowest BCUT2D eigenvalue weighted by atomic mass is 9.85. The second kappa shape index (κ2) is 23.5. The first-order valence-electron chi connectivity index (χ1n) is 23.3. The number of benzene rings is 3. The number of nitrogens with one attached hydrogen (secondary N) is 2. The van der Waals surface area contributed by atoms with E-state index in [0.717, 1.165) is 38.7 Å². The summed E-state index contributed by atoms with van der Waals surface area (Å²) in [5, 5.41) is 25.5. The molecule has 2 aliphatic heterocycles. The number of nitriles is 1. The van der Waals surface area contributed by atoms with Crippen molar-refractivity contribution in [2.75, 3.05) is 49.4 Å². The summed E-state index contributed by atoms with van der Waals surface area (Å²) in [6.45, 7) is 12.3. The molecule has 0 aliphatic carbocycles. The number of amides is 4. The molecule has 2 aliphatic rings. The lowest BCUT2D eigenvalue weighted by Gasteiger charge is -2.35. The zero-order valence-corrected chi connectivity index (χ0v) is 42.3. The summed E-state index contributed by atoms with van der Waals surface area (Å²) >= 11 is 7.19. The van der Waals surface area contributed by atoms with Crippen LogP contribution in [-0.2, 0) is 41.4 Å². The normalized spacial score (nSPS) is 16.7. The SMILES string of the molecule is Cc1ncsc1-c1ccc(CNC(=O)[C@@H]2CCCN2C(=O)C(NC(=O)COCCCOCCC(O)CCOc2ccc(N3C(=S)N(c4ccc(C#N)c(C(F)(F)F)c4)C(=O)C3(C)C)cc2)C(C)(C)C)cc1. The Bertz CT molecular complexity index is 2580. The number of carbonyl (C=O) groups is 4. The van der Waals surface area contributed by atoms with E-state index >= 15 is 0 Å². The summed E-state index contributed by atoms with van der Waals surface area (Å²) in [4.78, 5) is 63.4. The van der Waals surface area contributed by atoms with Crippen molar-refractivity contribution in [3.63, 3.8) is 0 Å². The number of thiazole rings is 1. The number of halogens is 3. The lowest BCUT2D eigenvalue weighted by Crippen LogP contribution is -2.58. The van der Waals surface area contributed by atoms with E-state index in [2.05, 4.69) is 15.6 Å². The van der Waals surface area contributed by atoms with E-state index in [1.165, 1.54) is 12.1 Å². The van der Waals surface area contributed by atoms with Gasteiger partial charge in [0.25, 0.3) is 5.91 Å². The molecule has 0 radical (unpaired) electrons. The molecule has 2 fully saturated rings. The Morgan fingerprint density at radius 1 is 0.986 bits per heavy atom. The Morgan fingerprint density at radius 2 is 1.66 bits per heavy atom. The second-order valence-corrected chi connectivity index (χ2v) is 20.2. The molecule has 1 aromatic heterocycles. The number of likely N-dealkylation sites (tertiary alicyclic amines) is 1. The summed E-state index contributed by atoms with van der Waals surface area (Å²) in [7, 11) is 0. The van der Waals surface area contributed by atoms with Gasteiger partial charge in [-0.3, -0.25) is 24.1 Å². The number of carbonyl (C=O) groups excluding carboxylic acids is 4. The van der Waals surface area contributed by atoms with Crippen LogP contribution in [0.4, 0.5) is 24.5 Å². The molecule has 4 amide bonds. The van der Waals surface area contributed by atoms with Gasteiger partial charge in [-0.25, -0.2) is 4.98 Å². The second-order valence-electron chi connectivity index (χ2n) is 19.0. The van der Waals surface area contributed by atoms with Crippen molar-refractivity contribution in [2.24, 2.45) is 5.41 Å². The molecule has 20 heteroatoms. The average Bonchev–Trinajstić information content (AvgIpc) is 4.04. The molecule has 3 heterocycles. The zero-order valence-electron chi connectivity index (χ0n) is 40.6. The van der Waals surface area contributed by atoms with E-state index in [4.69, 9.17) is 26.4 Å². The minimum absolute atomic E-state index is 0.0274. The molecule has 4 aromatic rings. The highest BCUT2D eigenvalue weighted by molar-refractivity contribution is 7.81. The van der Waals surface area contributed by atoms with E-state index in [1.807, 2.05) is 57.5 Å². The monoisotopic (exact) mass is 1020 g/mol. The number of thiocarbonyl (C=S) groups is 1. The third kappa shape index (κ3) is 13.5. The van der Waals surface area contributed by atoms with Gasteiger partial charge in [-0.15, -0.1) is 11.3 Å². The summed E-state index contributed by atoms with van der Waals surface area (Å²) in [6, 6.07) is 17.7. The predicted molar refractivity (Wildman–Crippen MR) is 266 cm³/mol. The Morgan fingerprint density at radius 3 is 2.31 bits per heavy atom. The molecule has 6 rings (SSSR count). The van der Waals surface area contributed by atoms with Crippen LogP contribution < -0.4 is 25.2 Å². The number of aliphatic hydroxyl groups is 1. The van der Waals surface area contributed by atoms with Gasteiger partial charge in [0.15, 0.2) is 5.11 Å². The number of hydrogen-bond acceptors (Lipinski definition) is 12. The van der Waals surface area contributed by atoms with Crippen molar-refractivity contribution in [3.8, 4) is 22.3 Å². The first kappa shape index (κ1) is 54.4. The Hall–Kier alpha value is -5.98. The van der Waals surface area contributed by atoms with Crippen molar-refractivity contribution in [2.45, 2.75) is 110 Å². The fourth-order valence-electron chi connectivity index (χ4n) is 8.34. The van der Waals surface area contributed by atoms with Gasteiger partial charge >= 0.3 is 6.18 Å². The summed E-state index contributed by atoms with van der Waals surface area (Å²) in [6.07, 6.45) is -3.16. The topological polar surface area (TPSA) is 187 Å². The maximum atomic E-state index is 13.9. The van der Waals surface area contributed by atoms with Crippen LogP contribution in [-0.4, -0.2) is 107 Å². The summed E-state index contributed by atoms with van der Waals surface area (Å²) < 4.78 is 58.2. The van der Waals surface area contributed by atoms with Crippen LogP contribution in [0.25, 0.3) is 10.4 Å². The van der Waals surface area contributed by atoms with Crippen LogP contribution in [0.3, 0.4) is 0 Å². The molecule has 3 atom stereocenters. The molecular formula is C51H60F3N7O8S2. The number of aryl methyl sites for hydroxylation is 1. The number of aliphatic hydroxyl groups excluding tert-OH is 1. The molecule has 15 nitrogen and oxygen atoms in total. The van der Waals surface area contributed by atoms with Gasteiger partial charge in [0, 0.05) is 45.0 Å². The number of anilines is 2. The smallest absolute Gasteiger partial charge is 0.417 e. The minimum Gasteiger partial charge on any atom is -0.493 e. The van der Waals surface area contributed by atoms with Gasteiger partial charge in [-0.05, 0) is 118 Å². The van der Waals surface area contributed by atoms with Crippen LogP contribution >= 0.6 is 23.6 Å². The van der Waals surface area contributed by atoms with Crippen molar-refractivity contribution in [1.29, 1.82) is 5.26 Å². The first-order valence-corrected chi connectivity index (χ1v) is 24.6. The minimum atomic E-state index is -4.81. The third-order valence-electron chi connectivity index (χ3n) is 12.3. The van der Waals surface area contributed by atoms with Gasteiger partial charge in [0.1, 0.15) is 30.0 Å². The zero-order chi connectivity index (χ0) is 51.7. The van der Waals surface area contributed by atoms with E-state index < -0.39 is 58.3 Å². The first-order chi connectivity index (χ1) is 33.6. The molecule has 2 saturated heterocycles. The van der Waals surface area contributed by atoms with Crippen LogP contribution in [0.15, 0.2) is 72.2 Å². The van der Waals surface area contributed by atoms with Gasteiger partial charge in [-0.2, -0.15) is 18.4 Å². The number of nitrogens with zero attached hydrogens (tertiary/aromatic N) is 5. The highest BCUT2D eigenvalue weighted by Crippen LogP contribution is 2.40. The molecule has 0 saturated carbocycles. The summed E-state index contributed by atoms with van der Waals surface area (Å²) in [5.74, 6) is -1.06. The lowest BCUT2D eigenvalue weighted by molar-refractivity contribution is -0.144. The fraction of sp³-hybridized carbons (Fsp3) is 0.471. The number of alkyl halides is 3. The molecule has 380 valence electrons. The standard InChI is InChI=1S/C51H60F3N7O8S2/c1-32-43(71-31-57-32)34-12-10-33(11-13-34)29-56-45(64)41-9-7-22-59(41)46(65)44(49(2,3)4)58-42(63)30-68-24-8-23-67-25-20-38(62)21-26-69-39-18-16-36(17-19-39)61-48(70)60(47(66)50(61,5)6)37-15-14-35(28-55)40(27-37)51(52,53)54/h10-19,27,31,38,41,44,62H,7-9,20-26,29-30H2,1-6H3,(H,56,64)(H,58,63)/t38?,41-,44?/m0/s1. The Balaban J connectivity index is 0.856. The van der Waals surface area contributed by atoms with Crippen LogP contribution in [0.5, 0.6) is 5.75 Å². The van der Waals surface area contributed by atoms with Crippen molar-refractivity contribution >= 4 is 63.7 Å². The number of rotatable bonds is 21. The fourth-order valence-corrected chi connectivity index (χ4v) is 9.67. The van der Waals surface area contributed by atoms with Crippen molar-refractivity contribution in [3.05, 3.63) is 94.6 Å². The maximum absolute atomic E-state index is 13.9. The molecular weight excluding hydrogens is 960 g/mol. The van der Waals surface area contributed by atoms with Crippen LogP contribution in [0.1, 0.15) is 89.1 Å². The largest absolute Gasteiger partial charge is 0.493 e. The van der Waals surface area contributed by atoms with E-state index in [-0.39, 0.29) is 49.0 Å². The van der Waals surface area contributed by atoms with Crippen LogP contribution in [0, 0.1) is 23.7 Å².